The lowest BCUT2D eigenvalue weighted by Gasteiger charge is -2.20. The molecule has 94 valence electrons. The van der Waals surface area contributed by atoms with Crippen LogP contribution in [0.15, 0.2) is 12.5 Å². The molecule has 0 aliphatic heterocycles. The molecule has 7 heteroatoms. The van der Waals surface area contributed by atoms with Gasteiger partial charge in [0.15, 0.2) is 0 Å². The Bertz CT molecular complexity index is 374. The highest BCUT2D eigenvalue weighted by Crippen LogP contribution is 2.02. The molecule has 1 unspecified atom stereocenters. The number of primary amides is 1. The number of H-pyrrole nitrogens is 1. The lowest BCUT2D eigenvalue weighted by atomic mass is 10.0. The van der Waals surface area contributed by atoms with Gasteiger partial charge >= 0.3 is 6.03 Å². The standard InChI is InChI=1S/C10H17N5O2/c1-6(2)8(15-10(11)17)9(16)13-4-7-3-12-5-14-7/h3,5-6,8H,4H2,1-2H3,(H,12,14)(H,13,16)(H3,11,15,17). The molecule has 0 saturated heterocycles. The Labute approximate surface area is 99.2 Å². The van der Waals surface area contributed by atoms with Crippen molar-refractivity contribution in [1.29, 1.82) is 0 Å². The minimum Gasteiger partial charge on any atom is -0.352 e. The highest BCUT2D eigenvalue weighted by molar-refractivity contribution is 5.86. The number of hydrogen-bond donors (Lipinski definition) is 4. The first kappa shape index (κ1) is 13.0. The Morgan fingerprint density at radius 1 is 1.53 bits per heavy atom. The molecule has 0 radical (unpaired) electrons. The van der Waals surface area contributed by atoms with Gasteiger partial charge in [-0.2, -0.15) is 0 Å². The average molecular weight is 239 g/mol. The Balaban J connectivity index is 2.50. The summed E-state index contributed by atoms with van der Waals surface area (Å²) in [6, 6.07) is -1.34. The predicted molar refractivity (Wildman–Crippen MR) is 61.8 cm³/mol. The van der Waals surface area contributed by atoms with Gasteiger partial charge in [0.2, 0.25) is 5.91 Å². The highest BCUT2D eigenvalue weighted by atomic mass is 16.2. The number of imidazole rings is 1. The van der Waals surface area contributed by atoms with Gasteiger partial charge in [0.25, 0.3) is 0 Å². The summed E-state index contributed by atoms with van der Waals surface area (Å²) >= 11 is 0. The van der Waals surface area contributed by atoms with Crippen LogP contribution in [0.2, 0.25) is 0 Å². The van der Waals surface area contributed by atoms with Crippen LogP contribution in [0.5, 0.6) is 0 Å². The lowest BCUT2D eigenvalue weighted by molar-refractivity contribution is -0.124. The van der Waals surface area contributed by atoms with Crippen LogP contribution in [-0.2, 0) is 11.3 Å². The number of urea groups is 1. The van der Waals surface area contributed by atoms with Crippen molar-refractivity contribution in [2.24, 2.45) is 11.7 Å². The normalized spacial score (nSPS) is 12.2. The molecule has 1 rings (SSSR count). The molecule has 0 aliphatic rings. The van der Waals surface area contributed by atoms with Gasteiger partial charge in [0.1, 0.15) is 6.04 Å². The van der Waals surface area contributed by atoms with Gasteiger partial charge in [-0.05, 0) is 5.92 Å². The fourth-order valence-corrected chi connectivity index (χ4v) is 1.36. The molecule has 5 N–H and O–H groups in total. The molecule has 1 aromatic heterocycles. The van der Waals surface area contributed by atoms with E-state index in [4.69, 9.17) is 5.73 Å². The smallest absolute Gasteiger partial charge is 0.312 e. The molecule has 0 bridgehead atoms. The summed E-state index contributed by atoms with van der Waals surface area (Å²) in [7, 11) is 0. The third kappa shape index (κ3) is 4.13. The number of aromatic nitrogens is 2. The number of carbonyl (C=O) groups excluding carboxylic acids is 2. The number of nitrogens with one attached hydrogen (secondary N) is 3. The molecule has 0 spiro atoms. The number of nitrogens with zero attached hydrogens (tertiary/aromatic N) is 1. The van der Waals surface area contributed by atoms with E-state index >= 15 is 0 Å². The summed E-state index contributed by atoms with van der Waals surface area (Å²) in [5.41, 5.74) is 5.81. The van der Waals surface area contributed by atoms with E-state index in [0.29, 0.717) is 6.54 Å². The Morgan fingerprint density at radius 3 is 2.71 bits per heavy atom. The molecule has 3 amide bonds. The maximum atomic E-state index is 11.8. The first-order valence-electron chi connectivity index (χ1n) is 5.31. The highest BCUT2D eigenvalue weighted by Gasteiger charge is 2.22. The summed E-state index contributed by atoms with van der Waals surface area (Å²) in [6.45, 7) is 4.00. The van der Waals surface area contributed by atoms with Crippen molar-refractivity contribution < 1.29 is 9.59 Å². The molecule has 1 heterocycles. The average Bonchev–Trinajstić information content (AvgIpc) is 2.74. The van der Waals surface area contributed by atoms with Crippen LogP contribution in [0.3, 0.4) is 0 Å². The van der Waals surface area contributed by atoms with Crippen molar-refractivity contribution in [3.63, 3.8) is 0 Å². The van der Waals surface area contributed by atoms with Gasteiger partial charge in [-0.25, -0.2) is 9.78 Å². The van der Waals surface area contributed by atoms with Crippen LogP contribution in [0.4, 0.5) is 4.79 Å². The van der Waals surface area contributed by atoms with E-state index in [2.05, 4.69) is 20.6 Å². The molecule has 1 atom stereocenters. The number of hydrogen-bond acceptors (Lipinski definition) is 3. The summed E-state index contributed by atoms with van der Waals surface area (Å²) < 4.78 is 0. The number of aromatic amines is 1. The van der Waals surface area contributed by atoms with Crippen LogP contribution in [0, 0.1) is 5.92 Å². The molecular weight excluding hydrogens is 222 g/mol. The zero-order valence-corrected chi connectivity index (χ0v) is 9.86. The molecule has 17 heavy (non-hydrogen) atoms. The van der Waals surface area contributed by atoms with E-state index in [1.165, 1.54) is 6.33 Å². The molecule has 0 saturated carbocycles. The minimum absolute atomic E-state index is 0.0377. The lowest BCUT2D eigenvalue weighted by Crippen LogP contribution is -2.51. The van der Waals surface area contributed by atoms with E-state index in [1.807, 2.05) is 13.8 Å². The van der Waals surface area contributed by atoms with E-state index in [-0.39, 0.29) is 11.8 Å². The predicted octanol–water partition coefficient (Wildman–Crippen LogP) is -0.281. The first-order valence-corrected chi connectivity index (χ1v) is 5.31. The van der Waals surface area contributed by atoms with Crippen molar-refractivity contribution in [2.45, 2.75) is 26.4 Å². The fourth-order valence-electron chi connectivity index (χ4n) is 1.36. The second-order valence-electron chi connectivity index (χ2n) is 4.02. The SMILES string of the molecule is CC(C)C(NC(N)=O)C(=O)NCc1cnc[nH]1. The Morgan fingerprint density at radius 2 is 2.24 bits per heavy atom. The zero-order chi connectivity index (χ0) is 12.8. The van der Waals surface area contributed by atoms with Crippen molar-refractivity contribution >= 4 is 11.9 Å². The van der Waals surface area contributed by atoms with Crippen LogP contribution in [0.25, 0.3) is 0 Å². The summed E-state index contributed by atoms with van der Waals surface area (Å²) in [4.78, 5) is 29.3. The number of carbonyl (C=O) groups is 2. The molecule has 7 nitrogen and oxygen atoms in total. The second kappa shape index (κ2) is 5.88. The van der Waals surface area contributed by atoms with Gasteiger partial charge in [0.05, 0.1) is 18.6 Å². The van der Waals surface area contributed by atoms with Gasteiger partial charge < -0.3 is 21.4 Å². The van der Waals surface area contributed by atoms with Crippen LogP contribution >= 0.6 is 0 Å². The van der Waals surface area contributed by atoms with E-state index in [0.717, 1.165) is 5.69 Å². The third-order valence-corrected chi connectivity index (χ3v) is 2.25. The minimum atomic E-state index is -0.708. The topological polar surface area (TPSA) is 113 Å². The Hall–Kier alpha value is -2.05. The maximum absolute atomic E-state index is 11.8. The van der Waals surface area contributed by atoms with Crippen molar-refractivity contribution in [2.75, 3.05) is 0 Å². The van der Waals surface area contributed by atoms with Gasteiger partial charge in [-0.3, -0.25) is 4.79 Å². The molecule has 1 aromatic rings. The van der Waals surface area contributed by atoms with Crippen molar-refractivity contribution in [3.05, 3.63) is 18.2 Å². The van der Waals surface area contributed by atoms with Gasteiger partial charge in [-0.15, -0.1) is 0 Å². The van der Waals surface area contributed by atoms with Crippen LogP contribution in [-0.4, -0.2) is 27.9 Å². The second-order valence-corrected chi connectivity index (χ2v) is 4.02. The van der Waals surface area contributed by atoms with Crippen molar-refractivity contribution in [1.82, 2.24) is 20.6 Å². The van der Waals surface area contributed by atoms with Crippen molar-refractivity contribution in [3.8, 4) is 0 Å². The van der Waals surface area contributed by atoms with E-state index in [9.17, 15) is 9.59 Å². The molecular formula is C10H17N5O2. The summed E-state index contributed by atoms with van der Waals surface area (Å²) in [5.74, 6) is -0.308. The maximum Gasteiger partial charge on any atom is 0.312 e. The number of nitrogens with two attached hydrogens (primary N) is 1. The zero-order valence-electron chi connectivity index (χ0n) is 9.86. The third-order valence-electron chi connectivity index (χ3n) is 2.25. The van der Waals surface area contributed by atoms with Gasteiger partial charge in [-0.1, -0.05) is 13.8 Å². The number of rotatable bonds is 5. The largest absolute Gasteiger partial charge is 0.352 e. The quantitative estimate of drug-likeness (QED) is 0.566. The van der Waals surface area contributed by atoms with E-state index < -0.39 is 12.1 Å². The Kier molecular flexibility index (Phi) is 4.50. The van der Waals surface area contributed by atoms with Gasteiger partial charge in [0, 0.05) is 6.20 Å². The van der Waals surface area contributed by atoms with Crippen LogP contribution < -0.4 is 16.4 Å². The monoisotopic (exact) mass is 239 g/mol. The van der Waals surface area contributed by atoms with E-state index in [1.54, 1.807) is 6.20 Å². The number of amides is 3. The summed E-state index contributed by atoms with van der Waals surface area (Å²) in [6.07, 6.45) is 3.15. The molecule has 0 aromatic carbocycles. The van der Waals surface area contributed by atoms with Crippen LogP contribution in [0.1, 0.15) is 19.5 Å². The fraction of sp³-hybridized carbons (Fsp3) is 0.500. The summed E-state index contributed by atoms with van der Waals surface area (Å²) in [5, 5.41) is 5.10. The molecule has 0 fully saturated rings. The molecule has 0 aliphatic carbocycles. The first-order chi connectivity index (χ1) is 8.00.